The van der Waals surface area contributed by atoms with Crippen LogP contribution in [0, 0.1) is 5.92 Å². The highest BCUT2D eigenvalue weighted by Crippen LogP contribution is 2.21. The van der Waals surface area contributed by atoms with E-state index in [0.29, 0.717) is 24.5 Å². The Labute approximate surface area is 128 Å². The van der Waals surface area contributed by atoms with E-state index in [1.807, 2.05) is 18.2 Å². The van der Waals surface area contributed by atoms with Crippen molar-refractivity contribution in [1.82, 2.24) is 4.90 Å². The second kappa shape index (κ2) is 6.33. The third-order valence-electron chi connectivity index (χ3n) is 3.29. The van der Waals surface area contributed by atoms with E-state index < -0.39 is 9.05 Å². The smallest absolute Gasteiger partial charge is 0.232 e. The summed E-state index contributed by atoms with van der Waals surface area (Å²) in [5, 5.41) is 0.668. The van der Waals surface area contributed by atoms with Crippen molar-refractivity contribution < 1.29 is 13.2 Å². The Morgan fingerprint density at radius 1 is 1.35 bits per heavy atom. The van der Waals surface area contributed by atoms with E-state index in [2.05, 4.69) is 0 Å². The van der Waals surface area contributed by atoms with Crippen LogP contribution < -0.4 is 0 Å². The maximum absolute atomic E-state index is 11.8. The minimum absolute atomic E-state index is 0.0163. The summed E-state index contributed by atoms with van der Waals surface area (Å²) in [4.78, 5) is 13.5. The normalized spacial score (nSPS) is 19.6. The van der Waals surface area contributed by atoms with Crippen LogP contribution in [0.5, 0.6) is 0 Å². The van der Waals surface area contributed by atoms with Gasteiger partial charge in [0, 0.05) is 41.1 Å². The third-order valence-corrected chi connectivity index (χ3v) is 4.77. The average molecular weight is 336 g/mol. The number of halogens is 2. The van der Waals surface area contributed by atoms with Gasteiger partial charge in [-0.05, 0) is 24.1 Å². The molecule has 1 atom stereocenters. The number of likely N-dealkylation sites (tertiary alicyclic amines) is 1. The van der Waals surface area contributed by atoms with Gasteiger partial charge in [0.05, 0.1) is 5.75 Å². The van der Waals surface area contributed by atoms with Crippen LogP contribution in [0.2, 0.25) is 5.02 Å². The molecule has 1 aliphatic heterocycles. The summed E-state index contributed by atoms with van der Waals surface area (Å²) in [6.07, 6.45) is 0.953. The fraction of sp³-hybridized carbons (Fsp3) is 0.462. The summed E-state index contributed by atoms with van der Waals surface area (Å²) in [5.74, 6) is -0.366. The number of hydrogen-bond acceptors (Lipinski definition) is 3. The summed E-state index contributed by atoms with van der Waals surface area (Å²) in [5.41, 5.74) is 1.05. The van der Waals surface area contributed by atoms with Crippen molar-refractivity contribution in [3.63, 3.8) is 0 Å². The topological polar surface area (TPSA) is 54.5 Å². The molecule has 7 heteroatoms. The molecular formula is C13H15Cl2NO3S. The Balaban J connectivity index is 1.89. The van der Waals surface area contributed by atoms with Crippen molar-refractivity contribution in [2.75, 3.05) is 18.8 Å². The van der Waals surface area contributed by atoms with Crippen LogP contribution in [0.4, 0.5) is 0 Å². The maximum atomic E-state index is 11.8. The molecule has 1 aliphatic rings. The van der Waals surface area contributed by atoms with Gasteiger partial charge in [-0.25, -0.2) is 8.42 Å². The Hall–Kier alpha value is -0.780. The lowest BCUT2D eigenvalue weighted by atomic mass is 10.1. The fourth-order valence-electron chi connectivity index (χ4n) is 2.42. The predicted molar refractivity (Wildman–Crippen MR) is 79.5 cm³/mol. The first kappa shape index (κ1) is 15.6. The van der Waals surface area contributed by atoms with Crippen LogP contribution in [-0.2, 0) is 20.3 Å². The fourth-order valence-corrected chi connectivity index (χ4v) is 3.95. The lowest BCUT2D eigenvalue weighted by molar-refractivity contribution is -0.127. The van der Waals surface area contributed by atoms with Gasteiger partial charge >= 0.3 is 0 Å². The Morgan fingerprint density at radius 3 is 2.75 bits per heavy atom. The molecule has 20 heavy (non-hydrogen) atoms. The lowest BCUT2D eigenvalue weighted by Gasteiger charge is -2.16. The van der Waals surface area contributed by atoms with Gasteiger partial charge in [0.25, 0.3) is 0 Å². The van der Waals surface area contributed by atoms with Gasteiger partial charge in [0.1, 0.15) is 0 Å². The Kier molecular flexibility index (Phi) is 4.94. The monoisotopic (exact) mass is 335 g/mol. The summed E-state index contributed by atoms with van der Waals surface area (Å²) >= 11 is 5.90. The van der Waals surface area contributed by atoms with Crippen LogP contribution in [0.1, 0.15) is 12.0 Å². The van der Waals surface area contributed by atoms with Crippen molar-refractivity contribution in [2.45, 2.75) is 12.8 Å². The molecular weight excluding hydrogens is 321 g/mol. The zero-order valence-electron chi connectivity index (χ0n) is 10.8. The number of rotatable bonds is 5. The minimum Gasteiger partial charge on any atom is -0.342 e. The van der Waals surface area contributed by atoms with E-state index in [9.17, 15) is 13.2 Å². The highest BCUT2D eigenvalue weighted by atomic mass is 35.7. The largest absolute Gasteiger partial charge is 0.342 e. The quantitative estimate of drug-likeness (QED) is 0.776. The van der Waals surface area contributed by atoms with Crippen molar-refractivity contribution in [3.8, 4) is 0 Å². The van der Waals surface area contributed by atoms with Crippen molar-refractivity contribution in [3.05, 3.63) is 34.9 Å². The molecule has 0 radical (unpaired) electrons. The van der Waals surface area contributed by atoms with Gasteiger partial charge in [-0.2, -0.15) is 0 Å². The van der Waals surface area contributed by atoms with Crippen LogP contribution in [0.3, 0.4) is 0 Å². The number of nitrogens with zero attached hydrogens (tertiary/aromatic N) is 1. The SMILES string of the molecule is O=C1CC(CS(=O)(=O)Cl)CN1CCc1cccc(Cl)c1. The molecule has 4 nitrogen and oxygen atoms in total. The summed E-state index contributed by atoms with van der Waals surface area (Å²) < 4.78 is 22.1. The maximum Gasteiger partial charge on any atom is 0.232 e. The predicted octanol–water partition coefficient (Wildman–Crippen LogP) is 2.30. The van der Waals surface area contributed by atoms with Crippen LogP contribution in [0.15, 0.2) is 24.3 Å². The molecule has 110 valence electrons. The van der Waals surface area contributed by atoms with Crippen molar-refractivity contribution >= 4 is 37.2 Å². The number of benzene rings is 1. The average Bonchev–Trinajstić information content (AvgIpc) is 2.64. The molecule has 1 aromatic carbocycles. The lowest BCUT2D eigenvalue weighted by Crippen LogP contribution is -2.28. The Bertz CT molecular complexity index is 603. The van der Waals surface area contributed by atoms with Gasteiger partial charge in [-0.15, -0.1) is 0 Å². The standard InChI is InChI=1S/C13H15Cl2NO3S/c14-12-3-1-2-10(6-12)4-5-16-8-11(7-13(16)17)9-20(15,18)19/h1-3,6,11H,4-5,7-9H2. The van der Waals surface area contributed by atoms with E-state index in [0.717, 1.165) is 5.56 Å². The van der Waals surface area contributed by atoms with Gasteiger partial charge in [-0.1, -0.05) is 23.7 Å². The molecule has 1 amide bonds. The van der Waals surface area contributed by atoms with Crippen LogP contribution in [-0.4, -0.2) is 38.1 Å². The molecule has 1 heterocycles. The zero-order chi connectivity index (χ0) is 14.8. The number of amides is 1. The number of hydrogen-bond donors (Lipinski definition) is 0. The molecule has 1 saturated heterocycles. The molecule has 1 unspecified atom stereocenters. The van der Waals surface area contributed by atoms with E-state index >= 15 is 0 Å². The van der Waals surface area contributed by atoms with Gasteiger partial charge in [-0.3, -0.25) is 4.79 Å². The van der Waals surface area contributed by atoms with Gasteiger partial charge in [0.2, 0.25) is 15.0 Å². The molecule has 2 rings (SSSR count). The Morgan fingerprint density at radius 2 is 2.10 bits per heavy atom. The summed E-state index contributed by atoms with van der Waals surface area (Å²) in [7, 11) is 1.68. The molecule has 0 aromatic heterocycles. The van der Waals surface area contributed by atoms with Gasteiger partial charge < -0.3 is 4.90 Å². The molecule has 1 aromatic rings. The molecule has 1 fully saturated rings. The first-order chi connectivity index (χ1) is 9.33. The molecule has 0 aliphatic carbocycles. The molecule has 0 saturated carbocycles. The van der Waals surface area contributed by atoms with Crippen LogP contribution >= 0.6 is 22.3 Å². The van der Waals surface area contributed by atoms with E-state index in [4.69, 9.17) is 22.3 Å². The number of carbonyl (C=O) groups is 1. The van der Waals surface area contributed by atoms with E-state index in [1.165, 1.54) is 0 Å². The minimum atomic E-state index is -3.55. The second-order valence-corrected chi connectivity index (χ2v) is 8.25. The summed E-state index contributed by atoms with van der Waals surface area (Å²) in [6.45, 7) is 1.02. The van der Waals surface area contributed by atoms with Crippen molar-refractivity contribution in [1.29, 1.82) is 0 Å². The summed E-state index contributed by atoms with van der Waals surface area (Å²) in [6, 6.07) is 7.48. The van der Waals surface area contributed by atoms with E-state index in [1.54, 1.807) is 11.0 Å². The molecule has 0 bridgehead atoms. The number of carbonyl (C=O) groups excluding carboxylic acids is 1. The first-order valence-corrected chi connectivity index (χ1v) is 9.14. The molecule has 0 N–H and O–H groups in total. The van der Waals surface area contributed by atoms with Gasteiger partial charge in [0.15, 0.2) is 0 Å². The highest BCUT2D eigenvalue weighted by molar-refractivity contribution is 8.13. The third kappa shape index (κ3) is 4.65. The van der Waals surface area contributed by atoms with Crippen LogP contribution in [0.25, 0.3) is 0 Å². The van der Waals surface area contributed by atoms with E-state index in [-0.39, 0.29) is 24.0 Å². The second-order valence-electron chi connectivity index (χ2n) is 5.00. The van der Waals surface area contributed by atoms with Crippen molar-refractivity contribution in [2.24, 2.45) is 5.92 Å². The zero-order valence-corrected chi connectivity index (χ0v) is 13.1. The molecule has 0 spiro atoms. The first-order valence-electron chi connectivity index (χ1n) is 6.28. The highest BCUT2D eigenvalue weighted by Gasteiger charge is 2.31.